The maximum Gasteiger partial charge on any atom is 0.302 e. The van der Waals surface area contributed by atoms with Crippen molar-refractivity contribution >= 4 is 25.5 Å². The van der Waals surface area contributed by atoms with Crippen molar-refractivity contribution in [2.75, 3.05) is 13.1 Å². The maximum atomic E-state index is 15.4. The van der Waals surface area contributed by atoms with Gasteiger partial charge in [-0.1, -0.05) is 6.42 Å². The molecule has 4 nitrogen and oxygen atoms in total. The van der Waals surface area contributed by atoms with Crippen LogP contribution in [0.15, 0.2) is 0 Å². The molecule has 0 aromatic carbocycles. The van der Waals surface area contributed by atoms with E-state index in [1.165, 1.54) is 44.9 Å². The molecule has 0 radical (unpaired) electrons. The van der Waals surface area contributed by atoms with Crippen LogP contribution in [0, 0.1) is 35.5 Å². The lowest BCUT2D eigenvalue weighted by Gasteiger charge is -2.61. The molecule has 0 aromatic rings. The molecule has 180 valence electrons. The Hall–Kier alpha value is 0.670. The second-order valence-electron chi connectivity index (χ2n) is 13.4. The fraction of sp³-hybridized carbons (Fsp3) is 1.00. The molecule has 1 heterocycles. The second-order valence-corrected chi connectivity index (χ2v) is 19.8. The Morgan fingerprint density at radius 1 is 0.625 bits per heavy atom. The summed E-state index contributed by atoms with van der Waals surface area (Å²) in [4.78, 5) is 0. The summed E-state index contributed by atoms with van der Waals surface area (Å²) in [6, 6.07) is 0. The van der Waals surface area contributed by atoms with Crippen molar-refractivity contribution in [3.8, 4) is 0 Å². The number of halogens is 1. The van der Waals surface area contributed by atoms with Crippen LogP contribution in [-0.2, 0) is 13.4 Å². The summed E-state index contributed by atoms with van der Waals surface area (Å²) in [6.45, 7) is -1.88. The van der Waals surface area contributed by atoms with Crippen LogP contribution in [0.5, 0.6) is 0 Å². The molecule has 1 aliphatic heterocycles. The molecule has 0 aromatic heterocycles. The molecule has 7 heteroatoms. The van der Waals surface area contributed by atoms with Crippen molar-refractivity contribution in [1.29, 1.82) is 0 Å². The molecule has 9 rings (SSSR count). The molecule has 9 fully saturated rings. The minimum Gasteiger partial charge on any atom is -0.274 e. The predicted octanol–water partition coefficient (Wildman–Crippen LogP) is 8.05. The van der Waals surface area contributed by atoms with E-state index < -0.39 is 19.4 Å². The third-order valence-corrected chi connectivity index (χ3v) is 19.0. The van der Waals surface area contributed by atoms with Gasteiger partial charge in [0.15, 0.2) is 0 Å². The van der Waals surface area contributed by atoms with Gasteiger partial charge in [-0.25, -0.2) is 8.98 Å². The van der Waals surface area contributed by atoms with E-state index in [1.54, 1.807) is 0 Å². The highest BCUT2D eigenvalue weighted by Crippen LogP contribution is 2.85. The summed E-state index contributed by atoms with van der Waals surface area (Å²) >= 11 is 7.14. The minimum absolute atomic E-state index is 0.286. The Morgan fingerprint density at radius 2 is 1.00 bits per heavy atom. The molecule has 0 amide bonds. The van der Waals surface area contributed by atoms with Crippen molar-refractivity contribution in [2.24, 2.45) is 35.5 Å². The van der Waals surface area contributed by atoms with E-state index in [0.29, 0.717) is 35.5 Å². The molecule has 2 unspecified atom stereocenters. The molecule has 32 heavy (non-hydrogen) atoms. The molecule has 0 N–H and O–H groups in total. The molecule has 8 saturated carbocycles. The number of hydrogen-bond acceptors (Lipinski definition) is 3. The van der Waals surface area contributed by atoms with Gasteiger partial charge in [0.2, 0.25) is 0 Å². The van der Waals surface area contributed by atoms with E-state index in [4.69, 9.17) is 15.6 Å². The zero-order valence-electron chi connectivity index (χ0n) is 19.4. The molecule has 8 aliphatic carbocycles. The van der Waals surface area contributed by atoms with Crippen LogP contribution in [0.2, 0.25) is 0 Å². The summed E-state index contributed by atoms with van der Waals surface area (Å²) in [5.74, 6) is 4.05. The SMILES string of the molecule is O=P(Cl)(OP(=O)(N1CCCCC1)C12CC3CC(CC(C3)C1)C2)C12CC3CC(CC(C3)C1)C2. The largest absolute Gasteiger partial charge is 0.302 e. The molecular formula is C25H40ClNO3P2. The number of hydrogen-bond donors (Lipinski definition) is 0. The van der Waals surface area contributed by atoms with Crippen LogP contribution >= 0.6 is 25.5 Å². The van der Waals surface area contributed by atoms with Gasteiger partial charge >= 0.3 is 6.72 Å². The van der Waals surface area contributed by atoms with Crippen molar-refractivity contribution in [1.82, 2.24) is 4.67 Å². The van der Waals surface area contributed by atoms with E-state index in [0.717, 1.165) is 64.5 Å². The zero-order valence-corrected chi connectivity index (χ0v) is 22.0. The normalized spacial score (nSPS) is 53.3. The lowest BCUT2D eigenvalue weighted by Crippen LogP contribution is -2.54. The van der Waals surface area contributed by atoms with Crippen molar-refractivity contribution in [2.45, 2.75) is 107 Å². The van der Waals surface area contributed by atoms with Crippen LogP contribution in [0.4, 0.5) is 0 Å². The van der Waals surface area contributed by atoms with Crippen LogP contribution < -0.4 is 0 Å². The maximum absolute atomic E-state index is 15.4. The Morgan fingerprint density at radius 3 is 1.41 bits per heavy atom. The first-order valence-corrected chi connectivity index (χ1v) is 17.8. The zero-order chi connectivity index (χ0) is 21.8. The van der Waals surface area contributed by atoms with Crippen molar-refractivity contribution in [3.05, 3.63) is 0 Å². The highest BCUT2D eigenvalue weighted by atomic mass is 35.7. The Balaban J connectivity index is 1.27. The molecular weight excluding hydrogens is 460 g/mol. The number of piperidine rings is 1. The summed E-state index contributed by atoms with van der Waals surface area (Å²) in [7, 11) is -3.30. The first-order chi connectivity index (χ1) is 15.3. The Bertz CT molecular complexity index is 814. The van der Waals surface area contributed by atoms with Crippen molar-refractivity contribution < 1.29 is 13.4 Å². The molecule has 0 spiro atoms. The van der Waals surface area contributed by atoms with E-state index in [2.05, 4.69) is 4.67 Å². The van der Waals surface area contributed by atoms with Crippen molar-refractivity contribution in [3.63, 3.8) is 0 Å². The molecule has 9 aliphatic rings. The third-order valence-electron chi connectivity index (χ3n) is 11.1. The molecule has 1 saturated heterocycles. The second kappa shape index (κ2) is 7.35. The lowest BCUT2D eigenvalue weighted by atomic mass is 9.56. The fourth-order valence-corrected chi connectivity index (χ4v) is 19.2. The summed E-state index contributed by atoms with van der Waals surface area (Å²) < 4.78 is 38.9. The van der Waals surface area contributed by atoms with E-state index in [-0.39, 0.29) is 5.16 Å². The number of rotatable bonds is 5. The van der Waals surface area contributed by atoms with Gasteiger partial charge in [-0.3, -0.25) is 9.13 Å². The van der Waals surface area contributed by atoms with Crippen LogP contribution in [0.3, 0.4) is 0 Å². The van der Waals surface area contributed by atoms with Gasteiger partial charge in [0.1, 0.15) is 0 Å². The van der Waals surface area contributed by atoms with Gasteiger partial charge < -0.3 is 0 Å². The highest BCUT2D eigenvalue weighted by molar-refractivity contribution is 7.90. The summed E-state index contributed by atoms with van der Waals surface area (Å²) in [5.41, 5.74) is 0. The Kier molecular flexibility index (Phi) is 5.03. The number of nitrogens with zero attached hydrogens (tertiary/aromatic N) is 1. The van der Waals surface area contributed by atoms with E-state index in [1.807, 2.05) is 0 Å². The summed E-state index contributed by atoms with van der Waals surface area (Å²) in [5, 5.41) is -0.691. The van der Waals surface area contributed by atoms with Crippen LogP contribution in [-0.4, -0.2) is 28.1 Å². The molecule has 2 atom stereocenters. The summed E-state index contributed by atoms with van der Waals surface area (Å²) in [6.07, 6.45) is 17.0. The standard InChI is InChI=1S/C25H40ClNO3P2/c26-31(28,24-12-18-6-19(13-24)8-20(7-18)14-24)30-32(29,27-4-2-1-3-5-27)25-15-21-9-22(16-25)11-23(10-21)17-25/h18-23H,1-17H2. The van der Waals surface area contributed by atoms with E-state index >= 15 is 4.57 Å². The van der Waals surface area contributed by atoms with Gasteiger partial charge in [-0.15, -0.1) is 0 Å². The first-order valence-electron chi connectivity index (χ1n) is 13.6. The Labute approximate surface area is 198 Å². The van der Waals surface area contributed by atoms with Gasteiger partial charge in [0.25, 0.3) is 7.52 Å². The highest BCUT2D eigenvalue weighted by Gasteiger charge is 2.67. The quantitative estimate of drug-likeness (QED) is 0.359. The van der Waals surface area contributed by atoms with Crippen LogP contribution in [0.1, 0.15) is 96.3 Å². The van der Waals surface area contributed by atoms with E-state index in [9.17, 15) is 4.57 Å². The van der Waals surface area contributed by atoms with Gasteiger partial charge in [-0.05, 0) is 137 Å². The average Bonchev–Trinajstić information content (AvgIpc) is 2.72. The fourth-order valence-electron chi connectivity index (χ4n) is 10.6. The lowest BCUT2D eigenvalue weighted by molar-refractivity contribution is 0.0214. The average molecular weight is 500 g/mol. The molecule has 8 bridgehead atoms. The van der Waals surface area contributed by atoms with Gasteiger partial charge in [-0.2, -0.15) is 0 Å². The predicted molar refractivity (Wildman–Crippen MR) is 129 cm³/mol. The monoisotopic (exact) mass is 499 g/mol. The topological polar surface area (TPSA) is 46.6 Å². The first kappa shape index (κ1) is 21.9. The minimum atomic E-state index is -3.54. The van der Waals surface area contributed by atoms with Gasteiger partial charge in [0, 0.05) is 13.1 Å². The smallest absolute Gasteiger partial charge is 0.274 e. The van der Waals surface area contributed by atoms with Gasteiger partial charge in [0.05, 0.1) is 10.3 Å². The third kappa shape index (κ3) is 3.14. The van der Waals surface area contributed by atoms with Crippen LogP contribution in [0.25, 0.3) is 0 Å².